The van der Waals surface area contributed by atoms with E-state index in [4.69, 9.17) is 22.3 Å². The molecule has 0 radical (unpaired) electrons. The van der Waals surface area contributed by atoms with E-state index in [2.05, 4.69) is 0 Å². The average Bonchev–Trinajstić information content (AvgIpc) is 3.14. The minimum Gasteiger partial charge on any atom is -0.462 e. The van der Waals surface area contributed by atoms with Gasteiger partial charge in [0.25, 0.3) is 5.91 Å². The number of aryl methyl sites for hydroxylation is 1. The standard InChI is InChI=1S/C21H21NO5.O2S/c1-5-25-21(24)14-10-17(26-15-8-6-13(2)7-9-15)16-12-19(20(23)22(3)4)27-18(16)11-14;1-3-2/h6-12H,5H2,1-4H3;. The van der Waals surface area contributed by atoms with Gasteiger partial charge in [-0.25, -0.2) is 4.79 Å². The van der Waals surface area contributed by atoms with E-state index in [-0.39, 0.29) is 18.3 Å². The molecule has 0 bridgehead atoms. The average molecular weight is 431 g/mol. The summed E-state index contributed by atoms with van der Waals surface area (Å²) < 4.78 is 33.3. The number of ether oxygens (including phenoxy) is 2. The Balaban J connectivity index is 0.00000101. The number of rotatable bonds is 5. The first kappa shape index (κ1) is 22.8. The maximum Gasteiger partial charge on any atom is 0.338 e. The van der Waals surface area contributed by atoms with Crippen molar-refractivity contribution in [2.24, 2.45) is 0 Å². The summed E-state index contributed by atoms with van der Waals surface area (Å²) in [6, 6.07) is 12.3. The zero-order valence-corrected chi connectivity index (χ0v) is 17.8. The van der Waals surface area contributed by atoms with Gasteiger partial charge in [-0.3, -0.25) is 4.79 Å². The minimum atomic E-state index is -0.750. The Morgan fingerprint density at radius 2 is 1.70 bits per heavy atom. The first-order valence-corrected chi connectivity index (χ1v) is 9.60. The van der Waals surface area contributed by atoms with E-state index >= 15 is 0 Å². The number of amides is 1. The van der Waals surface area contributed by atoms with Gasteiger partial charge in [0.15, 0.2) is 5.76 Å². The van der Waals surface area contributed by atoms with Crippen molar-refractivity contribution >= 4 is 34.4 Å². The minimum absolute atomic E-state index is 0.171. The highest BCUT2D eigenvalue weighted by atomic mass is 32.1. The molecule has 0 aliphatic carbocycles. The van der Waals surface area contributed by atoms with Crippen LogP contribution in [0, 0.1) is 6.92 Å². The first-order valence-electron chi connectivity index (χ1n) is 8.93. The maximum absolute atomic E-state index is 12.2. The van der Waals surface area contributed by atoms with E-state index in [1.54, 1.807) is 39.2 Å². The highest BCUT2D eigenvalue weighted by Gasteiger charge is 2.20. The number of fused-ring (bicyclic) bond motifs is 1. The van der Waals surface area contributed by atoms with Crippen LogP contribution in [0.3, 0.4) is 0 Å². The van der Waals surface area contributed by atoms with Gasteiger partial charge in [0.05, 0.1) is 17.6 Å². The van der Waals surface area contributed by atoms with Gasteiger partial charge >= 0.3 is 17.5 Å². The fraction of sp³-hybridized carbons (Fsp3) is 0.238. The van der Waals surface area contributed by atoms with Gasteiger partial charge < -0.3 is 18.8 Å². The first-order chi connectivity index (χ1) is 14.3. The van der Waals surface area contributed by atoms with Gasteiger partial charge in [0.1, 0.15) is 17.1 Å². The molecule has 1 heterocycles. The Labute approximate surface area is 177 Å². The van der Waals surface area contributed by atoms with Crippen LogP contribution in [-0.4, -0.2) is 45.9 Å². The summed E-state index contributed by atoms with van der Waals surface area (Å²) in [7, 11) is 3.28. The number of esters is 1. The summed E-state index contributed by atoms with van der Waals surface area (Å²) in [6.07, 6.45) is 0. The SMILES string of the molecule is CCOC(=O)c1cc(Oc2ccc(C)cc2)c2cc(C(=O)N(C)C)oc2c1.O=S=O. The fourth-order valence-electron chi connectivity index (χ4n) is 2.58. The Kier molecular flexibility index (Phi) is 7.88. The van der Waals surface area contributed by atoms with Crippen molar-refractivity contribution in [1.82, 2.24) is 4.90 Å². The molecule has 1 aromatic heterocycles. The van der Waals surface area contributed by atoms with Crippen LogP contribution >= 0.6 is 0 Å². The molecule has 0 aliphatic heterocycles. The van der Waals surface area contributed by atoms with Crippen molar-refractivity contribution in [3.8, 4) is 11.5 Å². The molecule has 0 atom stereocenters. The van der Waals surface area contributed by atoms with Crippen LogP contribution in [0.4, 0.5) is 0 Å². The summed E-state index contributed by atoms with van der Waals surface area (Å²) >= 11 is -0.750. The highest BCUT2D eigenvalue weighted by molar-refractivity contribution is 7.51. The van der Waals surface area contributed by atoms with Crippen LogP contribution in [0.25, 0.3) is 11.0 Å². The lowest BCUT2D eigenvalue weighted by atomic mass is 10.1. The van der Waals surface area contributed by atoms with Crippen LogP contribution in [0.5, 0.6) is 11.5 Å². The van der Waals surface area contributed by atoms with Crippen molar-refractivity contribution in [2.75, 3.05) is 20.7 Å². The van der Waals surface area contributed by atoms with Crippen molar-refractivity contribution in [1.29, 1.82) is 0 Å². The monoisotopic (exact) mass is 431 g/mol. The van der Waals surface area contributed by atoms with Gasteiger partial charge in [-0.15, -0.1) is 0 Å². The van der Waals surface area contributed by atoms with E-state index in [1.807, 2.05) is 31.2 Å². The molecule has 30 heavy (non-hydrogen) atoms. The van der Waals surface area contributed by atoms with E-state index in [9.17, 15) is 9.59 Å². The quantitative estimate of drug-likeness (QED) is 0.567. The smallest absolute Gasteiger partial charge is 0.338 e. The Bertz CT molecular complexity index is 1080. The van der Waals surface area contributed by atoms with Crippen LogP contribution in [0.2, 0.25) is 0 Å². The molecule has 3 rings (SSSR count). The number of nitrogens with zero attached hydrogens (tertiary/aromatic N) is 1. The molecule has 0 fully saturated rings. The van der Waals surface area contributed by atoms with Crippen LogP contribution < -0.4 is 4.74 Å². The molecule has 0 saturated heterocycles. The molecule has 158 valence electrons. The van der Waals surface area contributed by atoms with Crippen molar-refractivity contribution in [3.05, 3.63) is 59.4 Å². The summed E-state index contributed by atoms with van der Waals surface area (Å²) in [5, 5.41) is 0.605. The van der Waals surface area contributed by atoms with E-state index < -0.39 is 17.5 Å². The molecule has 0 spiro atoms. The topological polar surface area (TPSA) is 103 Å². The Morgan fingerprint density at radius 3 is 2.27 bits per heavy atom. The molecule has 0 saturated carbocycles. The fourth-order valence-corrected chi connectivity index (χ4v) is 2.58. The number of furan rings is 1. The molecular weight excluding hydrogens is 410 g/mol. The van der Waals surface area contributed by atoms with Gasteiger partial charge in [0.2, 0.25) is 0 Å². The van der Waals surface area contributed by atoms with Crippen molar-refractivity contribution < 1.29 is 31.9 Å². The zero-order chi connectivity index (χ0) is 22.3. The van der Waals surface area contributed by atoms with E-state index in [0.717, 1.165) is 5.56 Å². The summed E-state index contributed by atoms with van der Waals surface area (Å²) in [6.45, 7) is 3.98. The summed E-state index contributed by atoms with van der Waals surface area (Å²) in [5.41, 5.74) is 1.78. The number of benzene rings is 2. The Hall–Kier alpha value is -3.46. The molecule has 0 unspecified atom stereocenters. The normalized spacial score (nSPS) is 10.0. The van der Waals surface area contributed by atoms with Gasteiger partial charge in [-0.05, 0) is 38.1 Å². The second-order valence-electron chi connectivity index (χ2n) is 6.40. The molecule has 2 aromatic carbocycles. The van der Waals surface area contributed by atoms with Crippen LogP contribution in [-0.2, 0) is 16.3 Å². The molecule has 9 heteroatoms. The molecule has 0 N–H and O–H groups in total. The highest BCUT2D eigenvalue weighted by Crippen LogP contribution is 2.34. The lowest BCUT2D eigenvalue weighted by Crippen LogP contribution is -2.20. The molecular formula is C21H21NO7S. The van der Waals surface area contributed by atoms with Gasteiger partial charge in [-0.1, -0.05) is 17.7 Å². The number of carbonyl (C=O) groups is 2. The predicted octanol–water partition coefficient (Wildman–Crippen LogP) is 3.74. The van der Waals surface area contributed by atoms with Gasteiger partial charge in [0, 0.05) is 20.2 Å². The second-order valence-corrected chi connectivity index (χ2v) is 6.54. The van der Waals surface area contributed by atoms with Gasteiger partial charge in [-0.2, -0.15) is 8.42 Å². The van der Waals surface area contributed by atoms with E-state index in [0.29, 0.717) is 28.0 Å². The lowest BCUT2D eigenvalue weighted by molar-refractivity contribution is 0.0526. The number of hydrogen-bond donors (Lipinski definition) is 0. The van der Waals surface area contributed by atoms with E-state index in [1.165, 1.54) is 4.90 Å². The second kappa shape index (κ2) is 10.4. The number of carbonyl (C=O) groups excluding carboxylic acids is 2. The van der Waals surface area contributed by atoms with Crippen LogP contribution in [0.1, 0.15) is 33.4 Å². The Morgan fingerprint density at radius 1 is 1.07 bits per heavy atom. The summed E-state index contributed by atoms with van der Waals surface area (Å²) in [5.74, 6) is 0.450. The predicted molar refractivity (Wildman–Crippen MR) is 110 cm³/mol. The summed E-state index contributed by atoms with van der Waals surface area (Å²) in [4.78, 5) is 25.9. The third-order valence-electron chi connectivity index (χ3n) is 3.98. The maximum atomic E-state index is 12.2. The third kappa shape index (κ3) is 5.54. The molecule has 0 aliphatic rings. The molecule has 8 nitrogen and oxygen atoms in total. The number of hydrogen-bond acceptors (Lipinski definition) is 7. The largest absolute Gasteiger partial charge is 0.462 e. The zero-order valence-electron chi connectivity index (χ0n) is 17.0. The molecule has 3 aromatic rings. The van der Waals surface area contributed by atoms with Crippen molar-refractivity contribution in [3.63, 3.8) is 0 Å². The van der Waals surface area contributed by atoms with Crippen molar-refractivity contribution in [2.45, 2.75) is 13.8 Å². The van der Waals surface area contributed by atoms with Crippen LogP contribution in [0.15, 0.2) is 46.9 Å². The molecule has 1 amide bonds. The third-order valence-corrected chi connectivity index (χ3v) is 3.98. The lowest BCUT2D eigenvalue weighted by Gasteiger charge is -2.09.